The zero-order chi connectivity index (χ0) is 8.97. The Balaban J connectivity index is 2.79. The number of benzene rings is 1. The van der Waals surface area contributed by atoms with Crippen molar-refractivity contribution in [3.63, 3.8) is 0 Å². The highest BCUT2D eigenvalue weighted by atomic mass is 35.5. The summed E-state index contributed by atoms with van der Waals surface area (Å²) >= 11 is 5.72. The lowest BCUT2D eigenvalue weighted by Crippen LogP contribution is -1.77. The summed E-state index contributed by atoms with van der Waals surface area (Å²) in [7, 11) is 0. The first-order valence-corrected chi connectivity index (χ1v) is 4.14. The van der Waals surface area contributed by atoms with Gasteiger partial charge in [0.05, 0.1) is 0 Å². The molecule has 1 aromatic rings. The zero-order valence-electron chi connectivity index (χ0n) is 7.19. The Morgan fingerprint density at radius 1 is 1.17 bits per heavy atom. The predicted octanol–water partition coefficient (Wildman–Crippen LogP) is 3.31. The van der Waals surface area contributed by atoms with E-state index < -0.39 is 0 Å². The van der Waals surface area contributed by atoms with Crippen molar-refractivity contribution in [3.8, 4) is 11.8 Å². The van der Waals surface area contributed by atoms with Crippen molar-refractivity contribution < 1.29 is 0 Å². The molecule has 0 unspecified atom stereocenters. The molecular weight excluding hydrogens is 168 g/mol. The average Bonchev–Trinajstić information content (AvgIpc) is 2.03. The van der Waals surface area contributed by atoms with Gasteiger partial charge in [0.25, 0.3) is 0 Å². The molecule has 12 heavy (non-hydrogen) atoms. The predicted molar refractivity (Wildman–Crippen MR) is 52.9 cm³/mol. The summed E-state index contributed by atoms with van der Waals surface area (Å²) in [5.74, 6) is 7.15. The van der Waals surface area contributed by atoms with Gasteiger partial charge in [-0.2, -0.15) is 0 Å². The molecule has 0 bridgehead atoms. The van der Waals surface area contributed by atoms with Crippen LogP contribution in [0.15, 0.2) is 24.3 Å². The number of hydrogen-bond donors (Lipinski definition) is 0. The first kappa shape index (κ1) is 9.16. The molecule has 1 aromatic carbocycles. The molecule has 0 aliphatic carbocycles. The van der Waals surface area contributed by atoms with Gasteiger partial charge in [0.15, 0.2) is 0 Å². The van der Waals surface area contributed by atoms with Crippen molar-refractivity contribution in [2.45, 2.75) is 13.8 Å². The lowest BCUT2D eigenvalue weighted by molar-refractivity contribution is 1.25. The van der Waals surface area contributed by atoms with Crippen LogP contribution in [-0.2, 0) is 0 Å². The SMILES string of the molecule is C[C](C)C#Cc1ccc(Cl)cc1. The van der Waals surface area contributed by atoms with E-state index in [1.807, 2.05) is 38.1 Å². The van der Waals surface area contributed by atoms with Crippen LogP contribution in [0.1, 0.15) is 19.4 Å². The second-order valence-electron chi connectivity index (χ2n) is 2.76. The van der Waals surface area contributed by atoms with Crippen LogP contribution in [0.2, 0.25) is 5.02 Å². The fraction of sp³-hybridized carbons (Fsp3) is 0.182. The van der Waals surface area contributed by atoms with E-state index in [0.29, 0.717) is 0 Å². The van der Waals surface area contributed by atoms with E-state index in [2.05, 4.69) is 11.8 Å². The van der Waals surface area contributed by atoms with Crippen LogP contribution >= 0.6 is 11.6 Å². The summed E-state index contributed by atoms with van der Waals surface area (Å²) in [4.78, 5) is 0. The van der Waals surface area contributed by atoms with Crippen LogP contribution in [0.4, 0.5) is 0 Å². The minimum absolute atomic E-state index is 0.748. The molecule has 0 saturated heterocycles. The molecule has 0 N–H and O–H groups in total. The molecular formula is C11H10Cl. The molecule has 0 atom stereocenters. The molecule has 1 radical (unpaired) electrons. The highest BCUT2D eigenvalue weighted by molar-refractivity contribution is 6.30. The fourth-order valence-electron chi connectivity index (χ4n) is 0.730. The standard InChI is InChI=1S/C11H10Cl/c1-9(2)3-4-10-5-7-11(12)8-6-10/h5-8H,1-2H3. The Bertz CT molecular complexity index is 298. The Hall–Kier alpha value is -0.930. The quantitative estimate of drug-likeness (QED) is 0.534. The Labute approximate surface area is 78.6 Å². The van der Waals surface area contributed by atoms with Crippen LogP contribution in [0, 0.1) is 17.8 Å². The molecule has 0 fully saturated rings. The van der Waals surface area contributed by atoms with E-state index >= 15 is 0 Å². The third kappa shape index (κ3) is 2.98. The van der Waals surface area contributed by atoms with Gasteiger partial charge < -0.3 is 0 Å². The molecule has 0 spiro atoms. The van der Waals surface area contributed by atoms with E-state index in [4.69, 9.17) is 11.6 Å². The molecule has 1 rings (SSSR count). The Morgan fingerprint density at radius 3 is 2.25 bits per heavy atom. The monoisotopic (exact) mass is 177 g/mol. The highest BCUT2D eigenvalue weighted by Gasteiger charge is 1.87. The van der Waals surface area contributed by atoms with Crippen molar-refractivity contribution in [2.24, 2.45) is 0 Å². The average molecular weight is 178 g/mol. The van der Waals surface area contributed by atoms with Crippen molar-refractivity contribution in [2.75, 3.05) is 0 Å². The van der Waals surface area contributed by atoms with Crippen LogP contribution < -0.4 is 0 Å². The first-order valence-electron chi connectivity index (χ1n) is 3.76. The van der Waals surface area contributed by atoms with Crippen molar-refractivity contribution in [3.05, 3.63) is 40.8 Å². The Morgan fingerprint density at radius 2 is 1.75 bits per heavy atom. The third-order valence-electron chi connectivity index (χ3n) is 1.30. The molecule has 0 saturated carbocycles. The van der Waals surface area contributed by atoms with Gasteiger partial charge in [-0.15, -0.1) is 0 Å². The van der Waals surface area contributed by atoms with Gasteiger partial charge in [-0.3, -0.25) is 0 Å². The van der Waals surface area contributed by atoms with Crippen LogP contribution in [0.5, 0.6) is 0 Å². The van der Waals surface area contributed by atoms with Gasteiger partial charge in [-0.05, 0) is 38.1 Å². The van der Waals surface area contributed by atoms with Gasteiger partial charge >= 0.3 is 0 Å². The van der Waals surface area contributed by atoms with E-state index in [0.717, 1.165) is 16.5 Å². The summed E-state index contributed by atoms with van der Waals surface area (Å²) in [5.41, 5.74) is 1.00. The van der Waals surface area contributed by atoms with Crippen molar-refractivity contribution in [1.29, 1.82) is 0 Å². The topological polar surface area (TPSA) is 0 Å². The summed E-state index contributed by atoms with van der Waals surface area (Å²) in [6.07, 6.45) is 0. The summed E-state index contributed by atoms with van der Waals surface area (Å²) in [5, 5.41) is 0.748. The number of hydrogen-bond acceptors (Lipinski definition) is 0. The maximum absolute atomic E-state index is 5.72. The second kappa shape index (κ2) is 4.18. The maximum Gasteiger partial charge on any atom is 0.0422 e. The van der Waals surface area contributed by atoms with E-state index in [1.165, 1.54) is 0 Å². The van der Waals surface area contributed by atoms with Gasteiger partial charge in [-0.25, -0.2) is 0 Å². The lowest BCUT2D eigenvalue weighted by atomic mass is 10.2. The van der Waals surface area contributed by atoms with Crippen LogP contribution in [0.3, 0.4) is 0 Å². The smallest absolute Gasteiger partial charge is 0.0422 e. The Kier molecular flexibility index (Phi) is 3.19. The van der Waals surface area contributed by atoms with Gasteiger partial charge in [-0.1, -0.05) is 23.4 Å². The second-order valence-corrected chi connectivity index (χ2v) is 3.19. The van der Waals surface area contributed by atoms with E-state index in [1.54, 1.807) is 0 Å². The minimum atomic E-state index is 0.748. The molecule has 0 nitrogen and oxygen atoms in total. The normalized spacial score (nSPS) is 9.33. The highest BCUT2D eigenvalue weighted by Crippen LogP contribution is 2.08. The molecule has 0 heterocycles. The summed E-state index contributed by atoms with van der Waals surface area (Å²) < 4.78 is 0. The summed E-state index contributed by atoms with van der Waals surface area (Å²) in [6.45, 7) is 3.98. The first-order chi connectivity index (χ1) is 5.68. The van der Waals surface area contributed by atoms with Crippen molar-refractivity contribution in [1.82, 2.24) is 0 Å². The maximum atomic E-state index is 5.72. The lowest BCUT2D eigenvalue weighted by Gasteiger charge is -1.90. The van der Waals surface area contributed by atoms with Crippen LogP contribution in [-0.4, -0.2) is 0 Å². The zero-order valence-corrected chi connectivity index (χ0v) is 7.94. The number of halogens is 1. The minimum Gasteiger partial charge on any atom is -0.0901 e. The van der Waals surface area contributed by atoms with Crippen LogP contribution in [0.25, 0.3) is 0 Å². The van der Waals surface area contributed by atoms with Gasteiger partial charge in [0, 0.05) is 16.5 Å². The molecule has 0 aliphatic heterocycles. The van der Waals surface area contributed by atoms with E-state index in [-0.39, 0.29) is 0 Å². The van der Waals surface area contributed by atoms with Crippen molar-refractivity contribution >= 4 is 11.6 Å². The van der Waals surface area contributed by atoms with Gasteiger partial charge in [0.1, 0.15) is 0 Å². The fourth-order valence-corrected chi connectivity index (χ4v) is 0.856. The summed E-state index contributed by atoms with van der Waals surface area (Å²) in [6, 6.07) is 7.52. The third-order valence-corrected chi connectivity index (χ3v) is 1.55. The van der Waals surface area contributed by atoms with E-state index in [9.17, 15) is 0 Å². The largest absolute Gasteiger partial charge is 0.0901 e. The molecule has 1 heteroatoms. The molecule has 61 valence electrons. The number of rotatable bonds is 0. The molecule has 0 aliphatic rings. The molecule has 0 aromatic heterocycles. The van der Waals surface area contributed by atoms with Gasteiger partial charge in [0.2, 0.25) is 0 Å². The molecule has 0 amide bonds.